The summed E-state index contributed by atoms with van der Waals surface area (Å²) >= 11 is 5.36. The number of rotatable bonds is 4. The van der Waals surface area contributed by atoms with Crippen LogP contribution >= 0.6 is 38.5 Å². The zero-order valence-electron chi connectivity index (χ0n) is 8.07. The molecule has 0 saturated carbocycles. The summed E-state index contributed by atoms with van der Waals surface area (Å²) in [7, 11) is 1.35. The Kier molecular flexibility index (Phi) is 5.38. The van der Waals surface area contributed by atoms with Gasteiger partial charge in [-0.15, -0.1) is 0 Å². The van der Waals surface area contributed by atoms with Crippen LogP contribution in [0.3, 0.4) is 0 Å². The monoisotopic (exact) mass is 384 g/mol. The number of ether oxygens (including phenoxy) is 2. The van der Waals surface area contributed by atoms with Crippen LogP contribution in [0.1, 0.15) is 0 Å². The van der Waals surface area contributed by atoms with Crippen molar-refractivity contribution in [2.45, 2.75) is 4.83 Å². The maximum atomic E-state index is 11.1. The Morgan fingerprint density at radius 2 is 2.20 bits per heavy atom. The molecule has 0 amide bonds. The van der Waals surface area contributed by atoms with Crippen LogP contribution in [0.5, 0.6) is 5.75 Å². The van der Waals surface area contributed by atoms with Gasteiger partial charge in [-0.25, -0.2) is 0 Å². The fraction of sp³-hybridized carbons (Fsp3) is 0.300. The number of alkyl halides is 1. The van der Waals surface area contributed by atoms with Gasteiger partial charge in [0.2, 0.25) is 0 Å². The third kappa shape index (κ3) is 3.98. The Hall–Kier alpha value is -0.300. The van der Waals surface area contributed by atoms with Gasteiger partial charge in [-0.2, -0.15) is 0 Å². The van der Waals surface area contributed by atoms with Gasteiger partial charge in [0.1, 0.15) is 17.2 Å². The first kappa shape index (κ1) is 12.8. The number of methoxy groups -OCH3 is 1. The third-order valence-corrected chi connectivity index (χ3v) is 3.21. The van der Waals surface area contributed by atoms with Gasteiger partial charge in [-0.3, -0.25) is 4.79 Å². The van der Waals surface area contributed by atoms with E-state index >= 15 is 0 Å². The van der Waals surface area contributed by atoms with Crippen LogP contribution < -0.4 is 4.74 Å². The molecule has 82 valence electrons. The molecule has 0 saturated heterocycles. The minimum atomic E-state index is -0.432. The van der Waals surface area contributed by atoms with E-state index in [4.69, 9.17) is 4.74 Å². The van der Waals surface area contributed by atoms with E-state index in [0.29, 0.717) is 0 Å². The minimum Gasteiger partial charge on any atom is -0.491 e. The van der Waals surface area contributed by atoms with Crippen molar-refractivity contribution in [1.82, 2.24) is 0 Å². The van der Waals surface area contributed by atoms with Gasteiger partial charge in [0.15, 0.2) is 0 Å². The molecule has 1 unspecified atom stereocenters. The van der Waals surface area contributed by atoms with Crippen LogP contribution in [-0.4, -0.2) is 24.5 Å². The smallest absolute Gasteiger partial charge is 0.322 e. The highest BCUT2D eigenvalue weighted by molar-refractivity contribution is 14.1. The van der Waals surface area contributed by atoms with Crippen LogP contribution in [0, 0.1) is 3.57 Å². The molecule has 5 heteroatoms. The Morgan fingerprint density at radius 1 is 1.53 bits per heavy atom. The van der Waals surface area contributed by atoms with E-state index in [9.17, 15) is 4.79 Å². The van der Waals surface area contributed by atoms with Crippen molar-refractivity contribution >= 4 is 44.5 Å². The number of esters is 1. The third-order valence-electron chi connectivity index (χ3n) is 1.68. The molecule has 0 aliphatic carbocycles. The molecule has 0 heterocycles. The Labute approximate surface area is 110 Å². The zero-order valence-corrected chi connectivity index (χ0v) is 11.8. The molecule has 1 aromatic carbocycles. The average Bonchev–Trinajstić information content (AvgIpc) is 2.26. The van der Waals surface area contributed by atoms with Gasteiger partial charge >= 0.3 is 5.97 Å². The number of hydrogen-bond donors (Lipinski definition) is 0. The summed E-state index contributed by atoms with van der Waals surface area (Å²) in [5, 5.41) is 0. The van der Waals surface area contributed by atoms with Crippen molar-refractivity contribution in [3.05, 3.63) is 27.8 Å². The lowest BCUT2D eigenvalue weighted by Gasteiger charge is -2.10. The van der Waals surface area contributed by atoms with Crippen molar-refractivity contribution in [3.8, 4) is 5.75 Å². The summed E-state index contributed by atoms with van der Waals surface area (Å²) in [4.78, 5) is 10.6. The zero-order chi connectivity index (χ0) is 11.3. The van der Waals surface area contributed by atoms with Crippen LogP contribution in [0.2, 0.25) is 0 Å². The van der Waals surface area contributed by atoms with E-state index in [-0.39, 0.29) is 12.6 Å². The second-order valence-electron chi connectivity index (χ2n) is 2.73. The number of carbonyl (C=O) groups excluding carboxylic acids is 1. The lowest BCUT2D eigenvalue weighted by molar-refractivity contribution is -0.140. The topological polar surface area (TPSA) is 35.5 Å². The second kappa shape index (κ2) is 6.32. The molecule has 3 nitrogen and oxygen atoms in total. The highest BCUT2D eigenvalue weighted by Crippen LogP contribution is 2.20. The number of benzene rings is 1. The predicted molar refractivity (Wildman–Crippen MR) is 69.4 cm³/mol. The van der Waals surface area contributed by atoms with Crippen LogP contribution in [0.4, 0.5) is 0 Å². The minimum absolute atomic E-state index is 0.257. The largest absolute Gasteiger partial charge is 0.491 e. The van der Waals surface area contributed by atoms with E-state index in [1.54, 1.807) is 0 Å². The molecule has 0 aliphatic rings. The van der Waals surface area contributed by atoms with Crippen LogP contribution in [0.15, 0.2) is 24.3 Å². The lowest BCUT2D eigenvalue weighted by Crippen LogP contribution is -2.23. The SMILES string of the molecule is COC(=O)C(Br)COc1ccccc1I. The van der Waals surface area contributed by atoms with Crippen LogP contribution in [-0.2, 0) is 9.53 Å². The molecule has 0 aliphatic heterocycles. The number of para-hydroxylation sites is 1. The summed E-state index contributed by atoms with van der Waals surface area (Å²) in [6, 6.07) is 7.62. The lowest BCUT2D eigenvalue weighted by atomic mass is 10.3. The van der Waals surface area contributed by atoms with Crippen molar-refractivity contribution < 1.29 is 14.3 Å². The normalized spacial score (nSPS) is 11.9. The molecule has 1 rings (SSSR count). The molecule has 0 spiro atoms. The van der Waals surface area contributed by atoms with Gasteiger partial charge in [-0.05, 0) is 34.7 Å². The van der Waals surface area contributed by atoms with Gasteiger partial charge < -0.3 is 9.47 Å². The summed E-state index contributed by atoms with van der Waals surface area (Å²) in [5.41, 5.74) is 0. The number of hydrogen-bond acceptors (Lipinski definition) is 3. The first-order chi connectivity index (χ1) is 7.15. The van der Waals surface area contributed by atoms with E-state index in [2.05, 4.69) is 43.3 Å². The second-order valence-corrected chi connectivity index (χ2v) is 5.00. The van der Waals surface area contributed by atoms with Gasteiger partial charge in [0.25, 0.3) is 0 Å². The molecule has 0 fully saturated rings. The first-order valence-corrected chi connectivity index (χ1v) is 6.24. The van der Waals surface area contributed by atoms with E-state index in [0.717, 1.165) is 9.32 Å². The highest BCUT2D eigenvalue weighted by atomic mass is 127. The quantitative estimate of drug-likeness (QED) is 0.454. The summed E-state index contributed by atoms with van der Waals surface area (Å²) in [6.07, 6.45) is 0. The molecular weight excluding hydrogens is 375 g/mol. The molecule has 1 aromatic rings. The molecular formula is C10H10BrIO3. The summed E-state index contributed by atoms with van der Waals surface area (Å²) in [6.45, 7) is 0.257. The maximum Gasteiger partial charge on any atom is 0.322 e. The Bertz CT molecular complexity index is 343. The number of carbonyl (C=O) groups is 1. The van der Waals surface area contributed by atoms with Crippen molar-refractivity contribution in [3.63, 3.8) is 0 Å². The van der Waals surface area contributed by atoms with E-state index in [1.165, 1.54) is 7.11 Å². The fourth-order valence-corrected chi connectivity index (χ4v) is 1.78. The molecule has 15 heavy (non-hydrogen) atoms. The van der Waals surface area contributed by atoms with E-state index in [1.807, 2.05) is 24.3 Å². The molecule has 0 N–H and O–H groups in total. The fourth-order valence-electron chi connectivity index (χ4n) is 0.921. The standard InChI is InChI=1S/C10H10BrIO3/c1-14-10(13)7(11)6-15-9-5-3-2-4-8(9)12/h2-5,7H,6H2,1H3. The van der Waals surface area contributed by atoms with Crippen LogP contribution in [0.25, 0.3) is 0 Å². The highest BCUT2D eigenvalue weighted by Gasteiger charge is 2.16. The van der Waals surface area contributed by atoms with Crippen molar-refractivity contribution in [2.75, 3.05) is 13.7 Å². The average molecular weight is 385 g/mol. The number of halogens is 2. The maximum absolute atomic E-state index is 11.1. The first-order valence-electron chi connectivity index (χ1n) is 4.24. The van der Waals surface area contributed by atoms with Gasteiger partial charge in [-0.1, -0.05) is 28.1 Å². The summed E-state index contributed by atoms with van der Waals surface area (Å²) < 4.78 is 11.0. The van der Waals surface area contributed by atoms with Crippen molar-refractivity contribution in [2.24, 2.45) is 0 Å². The Balaban J connectivity index is 2.50. The van der Waals surface area contributed by atoms with Crippen molar-refractivity contribution in [1.29, 1.82) is 0 Å². The molecule has 0 aromatic heterocycles. The van der Waals surface area contributed by atoms with Gasteiger partial charge in [0.05, 0.1) is 10.7 Å². The Morgan fingerprint density at radius 3 is 2.80 bits per heavy atom. The van der Waals surface area contributed by atoms with E-state index < -0.39 is 4.83 Å². The van der Waals surface area contributed by atoms with Gasteiger partial charge in [0, 0.05) is 0 Å². The molecule has 0 radical (unpaired) electrons. The molecule has 0 bridgehead atoms. The molecule has 1 atom stereocenters. The predicted octanol–water partition coefficient (Wildman–Crippen LogP) is 2.61. The summed E-state index contributed by atoms with van der Waals surface area (Å²) in [5.74, 6) is 0.437.